The molecule has 3 nitrogen and oxygen atoms in total. The molecule has 5 heteroatoms. The average molecular weight is 284 g/mol. The third-order valence-electron chi connectivity index (χ3n) is 3.98. The number of rotatable bonds is 2. The molecule has 1 aromatic rings. The monoisotopic (exact) mass is 283 g/mol. The van der Waals surface area contributed by atoms with Crippen LogP contribution >= 0.6 is 23.2 Å². The molecule has 1 saturated carbocycles. The molecule has 94 valence electrons. The van der Waals surface area contributed by atoms with Crippen LogP contribution in [0.3, 0.4) is 0 Å². The fourth-order valence-electron chi connectivity index (χ4n) is 3.27. The van der Waals surface area contributed by atoms with E-state index >= 15 is 0 Å². The molecule has 1 fully saturated rings. The number of fused-ring (bicyclic) bond motifs is 2. The summed E-state index contributed by atoms with van der Waals surface area (Å²) in [6.45, 7) is 0. The largest absolute Gasteiger partial charge is 0.264 e. The van der Waals surface area contributed by atoms with Crippen LogP contribution in [0.2, 0.25) is 10.0 Å². The Balaban J connectivity index is 2.05. The van der Waals surface area contributed by atoms with E-state index in [-0.39, 0.29) is 22.7 Å². The maximum Gasteiger partial charge on any atom is 0.226 e. The molecule has 0 aromatic heterocycles. The van der Waals surface area contributed by atoms with Crippen LogP contribution in [0.1, 0.15) is 17.9 Å². The number of nitrogens with zero attached hydrogens (tertiary/aromatic N) is 1. The van der Waals surface area contributed by atoms with E-state index in [9.17, 15) is 10.1 Å². The topological polar surface area (TPSA) is 43.1 Å². The lowest BCUT2D eigenvalue weighted by atomic mass is 9.83. The smallest absolute Gasteiger partial charge is 0.226 e. The molecular formula is C13H11Cl2NO2. The van der Waals surface area contributed by atoms with E-state index in [2.05, 4.69) is 6.08 Å². The number of allylic oxidation sites excluding steroid dienone is 1. The van der Waals surface area contributed by atoms with E-state index in [0.29, 0.717) is 10.0 Å². The van der Waals surface area contributed by atoms with Crippen molar-refractivity contribution in [3.63, 3.8) is 0 Å². The van der Waals surface area contributed by atoms with Gasteiger partial charge in [0, 0.05) is 20.9 Å². The molecule has 2 aliphatic carbocycles. The van der Waals surface area contributed by atoms with E-state index in [1.54, 1.807) is 12.1 Å². The van der Waals surface area contributed by atoms with Crippen molar-refractivity contribution in [1.82, 2.24) is 0 Å². The molecule has 2 unspecified atom stereocenters. The summed E-state index contributed by atoms with van der Waals surface area (Å²) in [5.74, 6) is 0.144. The third-order valence-corrected chi connectivity index (χ3v) is 4.55. The van der Waals surface area contributed by atoms with Gasteiger partial charge in [0.15, 0.2) is 0 Å². The first-order chi connectivity index (χ1) is 8.58. The highest BCUT2D eigenvalue weighted by Gasteiger charge is 2.52. The summed E-state index contributed by atoms with van der Waals surface area (Å²) in [5, 5.41) is 12.3. The second-order valence-corrected chi connectivity index (χ2v) is 5.76. The summed E-state index contributed by atoms with van der Waals surface area (Å²) < 4.78 is 0. The van der Waals surface area contributed by atoms with Gasteiger partial charge < -0.3 is 0 Å². The number of hydrogen-bond acceptors (Lipinski definition) is 2. The minimum Gasteiger partial charge on any atom is -0.264 e. The van der Waals surface area contributed by atoms with Crippen molar-refractivity contribution in [2.75, 3.05) is 0 Å². The Hall–Kier alpha value is -1.06. The molecule has 2 bridgehead atoms. The third kappa shape index (κ3) is 1.73. The molecule has 1 aromatic carbocycles. The Morgan fingerprint density at radius 3 is 2.61 bits per heavy atom. The molecule has 18 heavy (non-hydrogen) atoms. The molecule has 4 atom stereocenters. The molecule has 0 heterocycles. The quantitative estimate of drug-likeness (QED) is 0.469. The van der Waals surface area contributed by atoms with Crippen LogP contribution in [-0.2, 0) is 0 Å². The number of halogens is 2. The van der Waals surface area contributed by atoms with E-state index < -0.39 is 6.04 Å². The zero-order valence-corrected chi connectivity index (χ0v) is 10.9. The molecule has 3 rings (SSSR count). The number of benzene rings is 1. The zero-order chi connectivity index (χ0) is 12.9. The highest BCUT2D eigenvalue weighted by molar-refractivity contribution is 6.35. The van der Waals surface area contributed by atoms with Crippen molar-refractivity contribution in [1.29, 1.82) is 0 Å². The molecule has 0 spiro atoms. The van der Waals surface area contributed by atoms with Crippen LogP contribution in [-0.4, -0.2) is 11.0 Å². The van der Waals surface area contributed by atoms with Gasteiger partial charge >= 0.3 is 0 Å². The van der Waals surface area contributed by atoms with Gasteiger partial charge in [-0.25, -0.2) is 0 Å². The second kappa shape index (κ2) is 4.25. The molecule has 0 amide bonds. The predicted octanol–water partition coefficient (Wildman–Crippen LogP) is 3.93. The SMILES string of the molecule is O=[N+]([O-])[C@@H]1C2C=CC(C2)[C@H]1c1ccc(Cl)cc1Cl. The summed E-state index contributed by atoms with van der Waals surface area (Å²) in [4.78, 5) is 11.1. The average Bonchev–Trinajstić information content (AvgIpc) is 2.88. The first kappa shape index (κ1) is 12.0. The van der Waals surface area contributed by atoms with Gasteiger partial charge in [-0.3, -0.25) is 10.1 Å². The van der Waals surface area contributed by atoms with E-state index in [1.807, 2.05) is 12.1 Å². The van der Waals surface area contributed by atoms with E-state index in [0.717, 1.165) is 12.0 Å². The molecule has 2 aliphatic rings. The van der Waals surface area contributed by atoms with Crippen LogP contribution in [0.25, 0.3) is 0 Å². The van der Waals surface area contributed by atoms with E-state index in [1.165, 1.54) is 0 Å². The van der Waals surface area contributed by atoms with E-state index in [4.69, 9.17) is 23.2 Å². The highest BCUT2D eigenvalue weighted by atomic mass is 35.5. The van der Waals surface area contributed by atoms with Crippen LogP contribution in [0, 0.1) is 22.0 Å². The lowest BCUT2D eigenvalue weighted by molar-refractivity contribution is -0.530. The maximum absolute atomic E-state index is 11.3. The van der Waals surface area contributed by atoms with Crippen molar-refractivity contribution in [3.8, 4) is 0 Å². The number of hydrogen-bond donors (Lipinski definition) is 0. The Kier molecular flexibility index (Phi) is 2.83. The van der Waals surface area contributed by atoms with Gasteiger partial charge in [0.05, 0.1) is 5.92 Å². The normalized spacial score (nSPS) is 33.0. The molecule has 0 radical (unpaired) electrons. The van der Waals surface area contributed by atoms with Crippen LogP contribution in [0.4, 0.5) is 0 Å². The summed E-state index contributed by atoms with van der Waals surface area (Å²) >= 11 is 12.1. The summed E-state index contributed by atoms with van der Waals surface area (Å²) in [6.07, 6.45) is 4.91. The van der Waals surface area contributed by atoms with Gasteiger partial charge in [-0.05, 0) is 30.0 Å². The Bertz CT molecular complexity index is 544. The van der Waals surface area contributed by atoms with Crippen molar-refractivity contribution in [2.24, 2.45) is 11.8 Å². The number of nitro groups is 1. The van der Waals surface area contributed by atoms with Crippen LogP contribution in [0.15, 0.2) is 30.4 Å². The molecule has 0 N–H and O–H groups in total. The zero-order valence-electron chi connectivity index (χ0n) is 9.42. The summed E-state index contributed by atoms with van der Waals surface area (Å²) in [5.41, 5.74) is 0.847. The lowest BCUT2D eigenvalue weighted by Gasteiger charge is -2.23. The fourth-order valence-corrected chi connectivity index (χ4v) is 3.80. The van der Waals surface area contributed by atoms with Gasteiger partial charge in [-0.15, -0.1) is 0 Å². The van der Waals surface area contributed by atoms with Crippen molar-refractivity contribution >= 4 is 23.2 Å². The van der Waals surface area contributed by atoms with Crippen LogP contribution in [0.5, 0.6) is 0 Å². The van der Waals surface area contributed by atoms with Gasteiger partial charge in [-0.1, -0.05) is 41.4 Å². The molecule has 0 aliphatic heterocycles. The minimum absolute atomic E-state index is 0.0433. The second-order valence-electron chi connectivity index (χ2n) is 4.92. The summed E-state index contributed by atoms with van der Waals surface area (Å²) in [7, 11) is 0. The maximum atomic E-state index is 11.3. The Morgan fingerprint density at radius 2 is 1.94 bits per heavy atom. The molecule has 0 saturated heterocycles. The lowest BCUT2D eigenvalue weighted by Crippen LogP contribution is -2.31. The van der Waals surface area contributed by atoms with Gasteiger partial charge in [-0.2, -0.15) is 0 Å². The minimum atomic E-state index is -0.557. The van der Waals surface area contributed by atoms with Gasteiger partial charge in [0.2, 0.25) is 6.04 Å². The summed E-state index contributed by atoms with van der Waals surface area (Å²) in [6, 6.07) is 4.67. The predicted molar refractivity (Wildman–Crippen MR) is 70.7 cm³/mol. The van der Waals surface area contributed by atoms with Gasteiger partial charge in [0.1, 0.15) is 0 Å². The Morgan fingerprint density at radius 1 is 1.22 bits per heavy atom. The van der Waals surface area contributed by atoms with Crippen molar-refractivity contribution < 1.29 is 4.92 Å². The van der Waals surface area contributed by atoms with Gasteiger partial charge in [0.25, 0.3) is 0 Å². The highest BCUT2D eigenvalue weighted by Crippen LogP contribution is 2.51. The first-order valence-electron chi connectivity index (χ1n) is 5.84. The molecular weight excluding hydrogens is 273 g/mol. The first-order valence-corrected chi connectivity index (χ1v) is 6.60. The van der Waals surface area contributed by atoms with Crippen LogP contribution < -0.4 is 0 Å². The fraction of sp³-hybridized carbons (Fsp3) is 0.385. The van der Waals surface area contributed by atoms with Crippen molar-refractivity contribution in [3.05, 3.63) is 56.1 Å². The Labute approximate surface area is 115 Å². The standard InChI is InChI=1S/C13H11Cl2NO2/c14-9-3-4-10(11(15)6-9)12-7-1-2-8(5-7)13(12)16(17)18/h1-4,6-8,12-13H,5H2/t7?,8?,12-,13+/m0/s1. The van der Waals surface area contributed by atoms with Crippen molar-refractivity contribution in [2.45, 2.75) is 18.4 Å².